The number of nitro groups is 1. The Morgan fingerprint density at radius 1 is 1.50 bits per heavy atom. The number of thioether (sulfide) groups is 1. The summed E-state index contributed by atoms with van der Waals surface area (Å²) >= 11 is 1.18. The van der Waals surface area contributed by atoms with E-state index in [1.165, 1.54) is 30.0 Å². The molecule has 0 spiro atoms. The number of sulfonamides is 1. The van der Waals surface area contributed by atoms with Gasteiger partial charge in [-0.3, -0.25) is 14.9 Å². The Kier molecular flexibility index (Phi) is 3.97. The first-order valence-electron chi connectivity index (χ1n) is 5.41. The van der Waals surface area contributed by atoms with Crippen molar-refractivity contribution in [2.75, 3.05) is 11.6 Å². The van der Waals surface area contributed by atoms with Crippen LogP contribution < -0.4 is 0 Å². The molecule has 0 amide bonds. The van der Waals surface area contributed by atoms with Gasteiger partial charge in [-0.15, -0.1) is 11.8 Å². The summed E-state index contributed by atoms with van der Waals surface area (Å²) in [6.07, 6.45) is 0. The van der Waals surface area contributed by atoms with Crippen LogP contribution in [-0.4, -0.2) is 46.4 Å². The largest absolute Gasteiger partial charge is 0.480 e. The molecule has 10 heteroatoms. The minimum absolute atomic E-state index is 0.0159. The van der Waals surface area contributed by atoms with E-state index in [9.17, 15) is 23.3 Å². The Morgan fingerprint density at radius 3 is 2.80 bits per heavy atom. The number of hydrogen-bond acceptors (Lipinski definition) is 6. The van der Waals surface area contributed by atoms with E-state index in [4.69, 9.17) is 5.11 Å². The predicted molar refractivity (Wildman–Crippen MR) is 70.9 cm³/mol. The first kappa shape index (κ1) is 14.8. The van der Waals surface area contributed by atoms with Crippen LogP contribution in [-0.2, 0) is 14.8 Å². The maximum Gasteiger partial charge on any atom is 0.322 e. The molecule has 2 rings (SSSR count). The van der Waals surface area contributed by atoms with E-state index in [0.29, 0.717) is 0 Å². The Balaban J connectivity index is 2.42. The third-order valence-corrected chi connectivity index (χ3v) is 5.79. The zero-order chi connectivity index (χ0) is 14.9. The number of non-ortho nitro benzene ring substituents is 1. The van der Waals surface area contributed by atoms with Gasteiger partial charge in [0.05, 0.1) is 15.7 Å². The monoisotopic (exact) mass is 318 g/mol. The smallest absolute Gasteiger partial charge is 0.322 e. The van der Waals surface area contributed by atoms with Crippen LogP contribution in [0.4, 0.5) is 5.69 Å². The molecule has 8 nitrogen and oxygen atoms in total. The van der Waals surface area contributed by atoms with E-state index in [0.717, 1.165) is 10.4 Å². The molecule has 1 saturated heterocycles. The van der Waals surface area contributed by atoms with E-state index in [-0.39, 0.29) is 22.2 Å². The Labute approximate surface area is 118 Å². The van der Waals surface area contributed by atoms with E-state index < -0.39 is 27.0 Å². The van der Waals surface area contributed by atoms with Crippen LogP contribution in [0.15, 0.2) is 29.2 Å². The number of carboxylic acids is 1. The molecule has 1 fully saturated rings. The van der Waals surface area contributed by atoms with Crippen molar-refractivity contribution in [3.05, 3.63) is 34.4 Å². The highest BCUT2D eigenvalue weighted by Crippen LogP contribution is 2.29. The maximum absolute atomic E-state index is 12.4. The highest BCUT2D eigenvalue weighted by Gasteiger charge is 2.40. The summed E-state index contributed by atoms with van der Waals surface area (Å²) in [5.41, 5.74) is -0.357. The van der Waals surface area contributed by atoms with Crippen LogP contribution in [0.2, 0.25) is 0 Å². The molecule has 1 aromatic rings. The summed E-state index contributed by atoms with van der Waals surface area (Å²) in [5, 5.41) is 19.7. The second-order valence-corrected chi connectivity index (χ2v) is 6.89. The quantitative estimate of drug-likeness (QED) is 0.642. The number of aliphatic carboxylic acids is 1. The van der Waals surface area contributed by atoms with Crippen LogP contribution in [0, 0.1) is 10.1 Å². The van der Waals surface area contributed by atoms with Crippen LogP contribution in [0.25, 0.3) is 0 Å². The predicted octanol–water partition coefficient (Wildman–Crippen LogP) is 0.743. The lowest BCUT2D eigenvalue weighted by Crippen LogP contribution is -2.41. The van der Waals surface area contributed by atoms with Crippen LogP contribution in [0.1, 0.15) is 0 Å². The molecule has 1 atom stereocenters. The third-order valence-electron chi connectivity index (χ3n) is 2.76. The molecule has 0 bridgehead atoms. The van der Waals surface area contributed by atoms with Crippen molar-refractivity contribution in [3.8, 4) is 0 Å². The van der Waals surface area contributed by atoms with Crippen molar-refractivity contribution in [2.24, 2.45) is 0 Å². The van der Waals surface area contributed by atoms with Gasteiger partial charge in [0, 0.05) is 17.9 Å². The molecule has 108 valence electrons. The number of nitrogens with zero attached hydrogens (tertiary/aromatic N) is 2. The summed E-state index contributed by atoms with van der Waals surface area (Å²) in [7, 11) is -4.06. The van der Waals surface area contributed by atoms with E-state index in [1.54, 1.807) is 0 Å². The van der Waals surface area contributed by atoms with Crippen molar-refractivity contribution < 1.29 is 23.2 Å². The second-order valence-electron chi connectivity index (χ2n) is 4.00. The summed E-state index contributed by atoms with van der Waals surface area (Å²) in [4.78, 5) is 20.7. The van der Waals surface area contributed by atoms with Gasteiger partial charge in [-0.1, -0.05) is 6.07 Å². The number of hydrogen-bond donors (Lipinski definition) is 1. The summed E-state index contributed by atoms with van der Waals surface area (Å²) in [6, 6.07) is 3.42. The molecule has 0 radical (unpaired) electrons. The second kappa shape index (κ2) is 5.38. The Bertz CT molecular complexity index is 659. The molecule has 20 heavy (non-hydrogen) atoms. The molecule has 1 aliphatic rings. The van der Waals surface area contributed by atoms with Gasteiger partial charge in [0.2, 0.25) is 10.0 Å². The fraction of sp³-hybridized carbons (Fsp3) is 0.300. The first-order chi connectivity index (χ1) is 9.34. The number of benzene rings is 1. The lowest BCUT2D eigenvalue weighted by Gasteiger charge is -2.19. The van der Waals surface area contributed by atoms with Gasteiger partial charge >= 0.3 is 5.97 Å². The fourth-order valence-electron chi connectivity index (χ4n) is 1.75. The van der Waals surface area contributed by atoms with Crippen molar-refractivity contribution in [2.45, 2.75) is 10.9 Å². The van der Waals surface area contributed by atoms with Gasteiger partial charge in [-0.05, 0) is 6.07 Å². The molecule has 0 aliphatic carbocycles. The third kappa shape index (κ3) is 2.62. The first-order valence-corrected chi connectivity index (χ1v) is 8.00. The van der Waals surface area contributed by atoms with Crippen LogP contribution in [0.5, 0.6) is 0 Å². The van der Waals surface area contributed by atoms with Gasteiger partial charge in [-0.2, -0.15) is 4.31 Å². The van der Waals surface area contributed by atoms with Crippen molar-refractivity contribution in [3.63, 3.8) is 0 Å². The Morgan fingerprint density at radius 2 is 2.20 bits per heavy atom. The lowest BCUT2D eigenvalue weighted by molar-refractivity contribution is -0.385. The van der Waals surface area contributed by atoms with Gasteiger partial charge in [-0.25, -0.2) is 8.42 Å². The number of rotatable bonds is 4. The minimum Gasteiger partial charge on any atom is -0.480 e. The molecule has 1 aliphatic heterocycles. The number of carboxylic acid groups (broad SMARTS) is 1. The summed E-state index contributed by atoms with van der Waals surface area (Å²) < 4.78 is 25.5. The van der Waals surface area contributed by atoms with Crippen LogP contribution in [0.3, 0.4) is 0 Å². The highest BCUT2D eigenvalue weighted by molar-refractivity contribution is 8.00. The number of carbonyl (C=O) groups is 1. The minimum atomic E-state index is -4.06. The van der Waals surface area contributed by atoms with E-state index in [1.807, 2.05) is 0 Å². The fourth-order valence-corrected chi connectivity index (χ4v) is 4.93. The van der Waals surface area contributed by atoms with Crippen molar-refractivity contribution in [1.82, 2.24) is 4.31 Å². The molecule has 1 heterocycles. The molecular formula is C10H10N2O6S2. The molecule has 0 aromatic heterocycles. The van der Waals surface area contributed by atoms with Gasteiger partial charge in [0.1, 0.15) is 6.04 Å². The van der Waals surface area contributed by atoms with Gasteiger partial charge in [0.15, 0.2) is 0 Å². The topological polar surface area (TPSA) is 118 Å². The zero-order valence-electron chi connectivity index (χ0n) is 10.0. The molecule has 0 saturated carbocycles. The van der Waals surface area contributed by atoms with E-state index >= 15 is 0 Å². The Hall–Kier alpha value is -1.65. The highest BCUT2D eigenvalue weighted by atomic mass is 32.2. The van der Waals surface area contributed by atoms with Crippen molar-refractivity contribution in [1.29, 1.82) is 0 Å². The zero-order valence-corrected chi connectivity index (χ0v) is 11.6. The van der Waals surface area contributed by atoms with Crippen LogP contribution >= 0.6 is 11.8 Å². The van der Waals surface area contributed by atoms with Gasteiger partial charge in [0.25, 0.3) is 5.69 Å². The van der Waals surface area contributed by atoms with Gasteiger partial charge < -0.3 is 5.11 Å². The average molecular weight is 318 g/mol. The number of nitro benzene ring substituents is 1. The summed E-state index contributed by atoms with van der Waals surface area (Å²) in [6.45, 7) is 0. The summed E-state index contributed by atoms with van der Waals surface area (Å²) in [5.74, 6) is -1.06. The van der Waals surface area contributed by atoms with E-state index in [2.05, 4.69) is 0 Å². The maximum atomic E-state index is 12.4. The lowest BCUT2D eigenvalue weighted by atomic mass is 10.3. The molecule has 0 unspecified atom stereocenters. The molecular weight excluding hydrogens is 308 g/mol. The normalized spacial score (nSPS) is 19.9. The average Bonchev–Trinajstić information content (AvgIpc) is 2.89. The van der Waals surface area contributed by atoms with Crippen molar-refractivity contribution >= 4 is 33.4 Å². The molecule has 1 aromatic carbocycles. The SMILES string of the molecule is O=C(O)[C@@H]1CSCN1S(=O)(=O)c1cccc([N+](=O)[O-])c1. The molecule has 1 N–H and O–H groups in total. The standard InChI is InChI=1S/C10H10N2O6S2/c13-10(14)9-5-19-6-11(9)20(17,18)8-3-1-2-7(4-8)12(15)16/h1-4,9H,5-6H2,(H,13,14)/t9-/m0/s1.